The van der Waals surface area contributed by atoms with E-state index in [0.29, 0.717) is 24.2 Å². The number of nitrogens with zero attached hydrogens (tertiary/aromatic N) is 3. The zero-order valence-corrected chi connectivity index (χ0v) is 16.0. The first-order chi connectivity index (χ1) is 12.1. The van der Waals surface area contributed by atoms with Gasteiger partial charge in [-0.2, -0.15) is 0 Å². The van der Waals surface area contributed by atoms with Crippen molar-refractivity contribution in [2.45, 2.75) is 63.8 Å². The highest BCUT2D eigenvalue weighted by atomic mass is 16.5. The molecule has 138 valence electrons. The Morgan fingerprint density at radius 1 is 1.00 bits per heavy atom. The van der Waals surface area contributed by atoms with Gasteiger partial charge in [-0.05, 0) is 58.7 Å². The summed E-state index contributed by atoms with van der Waals surface area (Å²) in [5, 5.41) is 0. The number of benzene rings is 1. The Morgan fingerprint density at radius 3 is 2.32 bits per heavy atom. The Kier molecular flexibility index (Phi) is 4.92. The molecular formula is C21H33N3O. The normalized spacial score (nSPS) is 28.7. The molecule has 2 atom stereocenters. The maximum absolute atomic E-state index is 6.32. The number of hydrogen-bond donors (Lipinski definition) is 0. The molecule has 25 heavy (non-hydrogen) atoms. The van der Waals surface area contributed by atoms with Crippen LogP contribution in [0.25, 0.3) is 0 Å². The van der Waals surface area contributed by atoms with Crippen LogP contribution in [0.15, 0.2) is 24.3 Å². The quantitative estimate of drug-likeness (QED) is 0.835. The van der Waals surface area contributed by atoms with Crippen LogP contribution in [0.2, 0.25) is 0 Å². The molecule has 0 aliphatic carbocycles. The summed E-state index contributed by atoms with van der Waals surface area (Å²) in [6.45, 7) is 9.34. The lowest BCUT2D eigenvalue weighted by molar-refractivity contribution is 0.114. The van der Waals surface area contributed by atoms with E-state index in [0.717, 1.165) is 31.7 Å². The van der Waals surface area contributed by atoms with Crippen molar-refractivity contribution in [2.24, 2.45) is 0 Å². The number of likely N-dealkylation sites (tertiary alicyclic amines) is 2. The minimum Gasteiger partial charge on any atom is -0.490 e. The van der Waals surface area contributed by atoms with Gasteiger partial charge in [0.1, 0.15) is 11.9 Å². The number of rotatable bonds is 4. The number of ether oxygens (including phenoxy) is 1. The zero-order valence-electron chi connectivity index (χ0n) is 16.0. The zero-order chi connectivity index (χ0) is 17.4. The fraction of sp³-hybridized carbons (Fsp3) is 0.714. The standard InChI is InChI=1S/C21H33N3O/c1-16(2)23-14-18-7-8-19(15-23)24(18)17-5-4-6-21(13-17)25-20-9-11-22(3)12-10-20/h4-6,13,16,18-20H,7-12,14-15H2,1-3H3/t18-,19+. The van der Waals surface area contributed by atoms with Gasteiger partial charge in [-0.3, -0.25) is 4.90 Å². The Bertz CT molecular complexity index is 568. The molecule has 0 saturated carbocycles. The first-order valence-corrected chi connectivity index (χ1v) is 10.1. The van der Waals surface area contributed by atoms with E-state index in [4.69, 9.17) is 4.74 Å². The van der Waals surface area contributed by atoms with E-state index >= 15 is 0 Å². The summed E-state index contributed by atoms with van der Waals surface area (Å²) in [6, 6.07) is 10.9. The van der Waals surface area contributed by atoms with E-state index in [1.165, 1.54) is 31.6 Å². The molecule has 0 amide bonds. The highest BCUT2D eigenvalue weighted by Crippen LogP contribution is 2.37. The molecule has 4 rings (SSSR count). The van der Waals surface area contributed by atoms with Gasteiger partial charge in [-0.25, -0.2) is 0 Å². The molecule has 0 radical (unpaired) electrons. The van der Waals surface area contributed by atoms with Crippen molar-refractivity contribution in [3.05, 3.63) is 24.3 Å². The van der Waals surface area contributed by atoms with Crippen molar-refractivity contribution >= 4 is 5.69 Å². The molecule has 4 heteroatoms. The summed E-state index contributed by atoms with van der Waals surface area (Å²) in [5.41, 5.74) is 1.36. The number of fused-ring (bicyclic) bond motifs is 2. The lowest BCUT2D eigenvalue weighted by Gasteiger charge is -2.44. The lowest BCUT2D eigenvalue weighted by atomic mass is 10.1. The fourth-order valence-corrected chi connectivity index (χ4v) is 4.79. The Balaban J connectivity index is 1.45. The van der Waals surface area contributed by atoms with E-state index in [1.807, 2.05) is 0 Å². The Hall–Kier alpha value is -1.26. The van der Waals surface area contributed by atoms with Crippen molar-refractivity contribution < 1.29 is 4.74 Å². The molecule has 0 N–H and O–H groups in total. The van der Waals surface area contributed by atoms with Gasteiger partial charge < -0.3 is 14.5 Å². The van der Waals surface area contributed by atoms with E-state index in [9.17, 15) is 0 Å². The van der Waals surface area contributed by atoms with Crippen molar-refractivity contribution in [3.63, 3.8) is 0 Å². The van der Waals surface area contributed by atoms with E-state index < -0.39 is 0 Å². The summed E-state index contributed by atoms with van der Waals surface area (Å²) < 4.78 is 6.32. The van der Waals surface area contributed by atoms with Crippen LogP contribution in [-0.4, -0.2) is 67.3 Å². The minimum atomic E-state index is 0.376. The minimum absolute atomic E-state index is 0.376. The van der Waals surface area contributed by atoms with Gasteiger partial charge in [0.15, 0.2) is 0 Å². The Labute approximate surface area is 152 Å². The van der Waals surface area contributed by atoms with E-state index in [-0.39, 0.29) is 0 Å². The van der Waals surface area contributed by atoms with Crippen LogP contribution in [0.3, 0.4) is 0 Å². The molecule has 0 spiro atoms. The van der Waals surface area contributed by atoms with Gasteiger partial charge in [0.25, 0.3) is 0 Å². The third-order valence-corrected chi connectivity index (χ3v) is 6.32. The van der Waals surface area contributed by atoms with Crippen LogP contribution in [0, 0.1) is 0 Å². The third kappa shape index (κ3) is 3.65. The second-order valence-electron chi connectivity index (χ2n) is 8.46. The lowest BCUT2D eigenvalue weighted by Crippen LogP contribution is -2.55. The van der Waals surface area contributed by atoms with Crippen LogP contribution in [-0.2, 0) is 0 Å². The molecule has 3 aliphatic rings. The van der Waals surface area contributed by atoms with E-state index in [1.54, 1.807) is 0 Å². The number of piperidine rings is 1. The van der Waals surface area contributed by atoms with Crippen LogP contribution < -0.4 is 9.64 Å². The van der Waals surface area contributed by atoms with Gasteiger partial charge in [0.2, 0.25) is 0 Å². The summed E-state index contributed by atoms with van der Waals surface area (Å²) >= 11 is 0. The summed E-state index contributed by atoms with van der Waals surface area (Å²) in [7, 11) is 2.20. The average Bonchev–Trinajstić information content (AvgIpc) is 2.87. The molecule has 3 aliphatic heterocycles. The maximum Gasteiger partial charge on any atom is 0.121 e. The molecular weight excluding hydrogens is 310 g/mol. The van der Waals surface area contributed by atoms with Crippen LogP contribution >= 0.6 is 0 Å². The molecule has 0 aromatic heterocycles. The SMILES string of the molecule is CC(C)N1C[C@H]2CC[C@@H](C1)N2c1cccc(OC2CCN(C)CC2)c1. The number of piperazine rings is 1. The summed E-state index contributed by atoms with van der Waals surface area (Å²) in [6.07, 6.45) is 5.31. The first kappa shape index (κ1) is 17.2. The van der Waals surface area contributed by atoms with Crippen LogP contribution in [0.4, 0.5) is 5.69 Å². The van der Waals surface area contributed by atoms with Crippen LogP contribution in [0.1, 0.15) is 39.5 Å². The monoisotopic (exact) mass is 343 g/mol. The van der Waals surface area contributed by atoms with E-state index in [2.05, 4.69) is 59.9 Å². The molecule has 2 bridgehead atoms. The van der Waals surface area contributed by atoms with Gasteiger partial charge in [-0.15, -0.1) is 0 Å². The van der Waals surface area contributed by atoms with Crippen molar-refractivity contribution in [2.75, 3.05) is 38.1 Å². The number of hydrogen-bond acceptors (Lipinski definition) is 4. The molecule has 0 unspecified atom stereocenters. The summed E-state index contributed by atoms with van der Waals surface area (Å²) in [4.78, 5) is 7.72. The molecule has 3 heterocycles. The maximum atomic E-state index is 6.32. The first-order valence-electron chi connectivity index (χ1n) is 10.1. The highest BCUT2D eigenvalue weighted by molar-refractivity contribution is 5.54. The van der Waals surface area contributed by atoms with Crippen molar-refractivity contribution in [3.8, 4) is 5.75 Å². The van der Waals surface area contributed by atoms with Gasteiger partial charge in [-0.1, -0.05) is 6.07 Å². The van der Waals surface area contributed by atoms with Gasteiger partial charge >= 0.3 is 0 Å². The second kappa shape index (κ2) is 7.16. The molecule has 3 saturated heterocycles. The fourth-order valence-electron chi connectivity index (χ4n) is 4.79. The smallest absolute Gasteiger partial charge is 0.121 e. The second-order valence-corrected chi connectivity index (χ2v) is 8.46. The summed E-state index contributed by atoms with van der Waals surface area (Å²) in [5.74, 6) is 1.05. The number of anilines is 1. The van der Waals surface area contributed by atoms with Gasteiger partial charge in [0.05, 0.1) is 0 Å². The topological polar surface area (TPSA) is 19.0 Å². The molecule has 3 fully saturated rings. The molecule has 4 nitrogen and oxygen atoms in total. The Morgan fingerprint density at radius 2 is 1.68 bits per heavy atom. The van der Waals surface area contributed by atoms with Crippen molar-refractivity contribution in [1.82, 2.24) is 9.80 Å². The van der Waals surface area contributed by atoms with Gasteiger partial charge in [0, 0.05) is 56.1 Å². The van der Waals surface area contributed by atoms with Crippen LogP contribution in [0.5, 0.6) is 5.75 Å². The average molecular weight is 344 g/mol. The largest absolute Gasteiger partial charge is 0.490 e. The van der Waals surface area contributed by atoms with Crippen molar-refractivity contribution in [1.29, 1.82) is 0 Å². The molecule has 1 aromatic rings. The molecule has 1 aromatic carbocycles. The third-order valence-electron chi connectivity index (χ3n) is 6.32. The highest BCUT2D eigenvalue weighted by Gasteiger charge is 2.40. The predicted octanol–water partition coefficient (Wildman–Crippen LogP) is 3.22. The predicted molar refractivity (Wildman–Crippen MR) is 104 cm³/mol.